The summed E-state index contributed by atoms with van der Waals surface area (Å²) in [5.74, 6) is 1.29. The number of fused-ring (bicyclic) bond motifs is 1. The Morgan fingerprint density at radius 1 is 1.00 bits per heavy atom. The van der Waals surface area contributed by atoms with Crippen molar-refractivity contribution in [3.63, 3.8) is 0 Å². The molecule has 0 aliphatic rings. The number of phenols is 1. The normalized spacial score (nSPS) is 10.8. The molecule has 0 fully saturated rings. The molecule has 0 amide bonds. The summed E-state index contributed by atoms with van der Waals surface area (Å²) in [5, 5.41) is 18.8. The monoisotopic (exact) mass is 284 g/mol. The average Bonchev–Trinajstić information content (AvgIpc) is 2.92. The van der Waals surface area contributed by atoms with Gasteiger partial charge in [0.25, 0.3) is 0 Å². The summed E-state index contributed by atoms with van der Waals surface area (Å²) in [5.41, 5.74) is 2.23. The van der Waals surface area contributed by atoms with E-state index >= 15 is 0 Å². The fraction of sp³-hybridized carbons (Fsp3) is 0.133. The summed E-state index contributed by atoms with van der Waals surface area (Å²) in [6.45, 7) is 3.78. The lowest BCUT2D eigenvalue weighted by atomic mass is 10.2. The van der Waals surface area contributed by atoms with Crippen LogP contribution in [0.25, 0.3) is 16.7 Å². The van der Waals surface area contributed by atoms with Crippen molar-refractivity contribution in [1.82, 2.24) is 15.0 Å². The van der Waals surface area contributed by atoms with Gasteiger partial charge < -0.3 is 14.6 Å². The third-order valence-corrected chi connectivity index (χ3v) is 3.18. The highest BCUT2D eigenvalue weighted by molar-refractivity contribution is 5.76. The van der Waals surface area contributed by atoms with E-state index < -0.39 is 0 Å². The Labute approximate surface area is 121 Å². The topological polar surface area (TPSA) is 69.4 Å². The Morgan fingerprint density at radius 3 is 2.43 bits per heavy atom. The summed E-state index contributed by atoms with van der Waals surface area (Å²) in [7, 11) is 3.14. The standard InChI is InChI=1S/C15H14N3O3/c1-9-6-11(21-3)8-14(15(9)19)18-16-12-5-4-10(20-2)7-13(12)17-18/h4-8,19H,1H2,2-3H3. The first kappa shape index (κ1) is 13.2. The van der Waals surface area contributed by atoms with E-state index in [0.717, 1.165) is 0 Å². The van der Waals surface area contributed by atoms with Crippen molar-refractivity contribution in [2.45, 2.75) is 0 Å². The zero-order valence-corrected chi connectivity index (χ0v) is 11.7. The van der Waals surface area contributed by atoms with Gasteiger partial charge in [-0.3, -0.25) is 0 Å². The predicted molar refractivity (Wildman–Crippen MR) is 78.1 cm³/mol. The lowest BCUT2D eigenvalue weighted by Gasteiger charge is -2.08. The molecule has 21 heavy (non-hydrogen) atoms. The first-order valence-electron chi connectivity index (χ1n) is 6.27. The van der Waals surface area contributed by atoms with E-state index in [2.05, 4.69) is 17.1 Å². The molecule has 0 saturated carbocycles. The molecule has 3 aromatic rings. The molecule has 1 N–H and O–H groups in total. The van der Waals surface area contributed by atoms with Crippen LogP contribution in [-0.4, -0.2) is 34.3 Å². The van der Waals surface area contributed by atoms with Crippen molar-refractivity contribution in [3.05, 3.63) is 42.8 Å². The van der Waals surface area contributed by atoms with E-state index in [4.69, 9.17) is 9.47 Å². The van der Waals surface area contributed by atoms with E-state index in [0.29, 0.717) is 33.8 Å². The molecule has 1 heterocycles. The highest BCUT2D eigenvalue weighted by Crippen LogP contribution is 2.30. The summed E-state index contributed by atoms with van der Waals surface area (Å²) in [6, 6.07) is 8.69. The molecule has 107 valence electrons. The quantitative estimate of drug-likeness (QED) is 0.799. The number of aromatic nitrogens is 3. The van der Waals surface area contributed by atoms with Crippen LogP contribution in [0, 0.1) is 6.92 Å². The lowest BCUT2D eigenvalue weighted by molar-refractivity contribution is 0.410. The molecule has 1 radical (unpaired) electrons. The molecule has 0 atom stereocenters. The number of methoxy groups -OCH3 is 2. The van der Waals surface area contributed by atoms with Crippen LogP contribution in [0.4, 0.5) is 0 Å². The van der Waals surface area contributed by atoms with Crippen LogP contribution in [0.15, 0.2) is 30.3 Å². The summed E-state index contributed by atoms with van der Waals surface area (Å²) < 4.78 is 10.3. The molecule has 1 aromatic heterocycles. The second kappa shape index (κ2) is 4.97. The molecule has 0 unspecified atom stereocenters. The maximum absolute atomic E-state index is 10.2. The van der Waals surface area contributed by atoms with Gasteiger partial charge in [0.1, 0.15) is 34.0 Å². The molecule has 2 aromatic carbocycles. The molecule has 6 heteroatoms. The zero-order valence-electron chi connectivity index (χ0n) is 11.7. The van der Waals surface area contributed by atoms with Gasteiger partial charge in [0.05, 0.1) is 14.2 Å². The van der Waals surface area contributed by atoms with Gasteiger partial charge in [0.15, 0.2) is 0 Å². The van der Waals surface area contributed by atoms with Crippen LogP contribution in [-0.2, 0) is 0 Å². The third kappa shape index (κ3) is 2.24. The van der Waals surface area contributed by atoms with Crippen LogP contribution in [0.3, 0.4) is 0 Å². The van der Waals surface area contributed by atoms with Crippen LogP contribution in [0.5, 0.6) is 17.2 Å². The highest BCUT2D eigenvalue weighted by Gasteiger charge is 2.13. The SMILES string of the molecule is [CH2]c1cc(OC)cc(-n2nc3ccc(OC)cc3n2)c1O. The molecule has 0 aliphatic carbocycles. The number of hydrogen-bond donors (Lipinski definition) is 1. The van der Waals surface area contributed by atoms with Gasteiger partial charge in [0.2, 0.25) is 0 Å². The van der Waals surface area contributed by atoms with Gasteiger partial charge in [-0.1, -0.05) is 0 Å². The number of nitrogens with zero attached hydrogens (tertiary/aromatic N) is 3. The number of hydrogen-bond acceptors (Lipinski definition) is 5. The number of rotatable bonds is 3. The second-order valence-corrected chi connectivity index (χ2v) is 4.50. The van der Waals surface area contributed by atoms with Crippen molar-refractivity contribution < 1.29 is 14.6 Å². The Morgan fingerprint density at radius 2 is 1.71 bits per heavy atom. The minimum atomic E-state index is 0.0167. The fourth-order valence-corrected chi connectivity index (χ4v) is 2.05. The molecule has 0 spiro atoms. The Bertz CT molecular complexity index is 811. The minimum Gasteiger partial charge on any atom is -0.505 e. The van der Waals surface area contributed by atoms with Crippen molar-refractivity contribution in [1.29, 1.82) is 0 Å². The Balaban J connectivity index is 2.18. The molecule has 0 bridgehead atoms. The third-order valence-electron chi connectivity index (χ3n) is 3.18. The maximum Gasteiger partial charge on any atom is 0.146 e. The lowest BCUT2D eigenvalue weighted by Crippen LogP contribution is -2.00. The van der Waals surface area contributed by atoms with Gasteiger partial charge in [-0.05, 0) is 25.1 Å². The second-order valence-electron chi connectivity index (χ2n) is 4.50. The van der Waals surface area contributed by atoms with Crippen molar-refractivity contribution >= 4 is 11.0 Å². The first-order valence-corrected chi connectivity index (χ1v) is 6.27. The van der Waals surface area contributed by atoms with Crippen molar-refractivity contribution in [2.75, 3.05) is 14.2 Å². The number of aromatic hydroxyl groups is 1. The average molecular weight is 284 g/mol. The van der Waals surface area contributed by atoms with Crippen molar-refractivity contribution in [2.24, 2.45) is 0 Å². The highest BCUT2D eigenvalue weighted by atomic mass is 16.5. The van der Waals surface area contributed by atoms with Crippen LogP contribution in [0.1, 0.15) is 5.56 Å². The van der Waals surface area contributed by atoms with E-state index in [9.17, 15) is 5.11 Å². The van der Waals surface area contributed by atoms with E-state index in [1.165, 1.54) is 4.80 Å². The fourth-order valence-electron chi connectivity index (χ4n) is 2.05. The van der Waals surface area contributed by atoms with E-state index in [1.807, 2.05) is 0 Å². The van der Waals surface area contributed by atoms with E-state index in [-0.39, 0.29) is 5.75 Å². The molecule has 0 saturated heterocycles. The molecular weight excluding hydrogens is 270 g/mol. The Hall–Kier alpha value is -2.76. The smallest absolute Gasteiger partial charge is 0.146 e. The number of ether oxygens (including phenoxy) is 2. The van der Waals surface area contributed by atoms with Crippen molar-refractivity contribution in [3.8, 4) is 22.9 Å². The predicted octanol–water partition coefficient (Wildman–Crippen LogP) is 2.33. The zero-order chi connectivity index (χ0) is 15.0. The number of benzene rings is 2. The maximum atomic E-state index is 10.2. The van der Waals surface area contributed by atoms with Gasteiger partial charge in [-0.25, -0.2) is 0 Å². The summed E-state index contributed by atoms with van der Waals surface area (Å²) in [6.07, 6.45) is 0. The summed E-state index contributed by atoms with van der Waals surface area (Å²) >= 11 is 0. The summed E-state index contributed by atoms with van der Waals surface area (Å²) in [4.78, 5) is 1.36. The van der Waals surface area contributed by atoms with Crippen LogP contribution in [0.2, 0.25) is 0 Å². The molecule has 3 rings (SSSR count). The Kier molecular flexibility index (Phi) is 3.13. The number of phenolic OH excluding ortho intramolecular Hbond substituents is 1. The van der Waals surface area contributed by atoms with Gasteiger partial charge in [-0.2, -0.15) is 0 Å². The van der Waals surface area contributed by atoms with Crippen LogP contribution < -0.4 is 9.47 Å². The largest absolute Gasteiger partial charge is 0.505 e. The van der Waals surface area contributed by atoms with Gasteiger partial charge in [0, 0.05) is 17.7 Å². The van der Waals surface area contributed by atoms with E-state index in [1.54, 1.807) is 44.6 Å². The molecule has 0 aliphatic heterocycles. The van der Waals surface area contributed by atoms with Gasteiger partial charge >= 0.3 is 0 Å². The molecule has 6 nitrogen and oxygen atoms in total. The van der Waals surface area contributed by atoms with Crippen LogP contribution >= 0.6 is 0 Å². The first-order chi connectivity index (χ1) is 10.1. The minimum absolute atomic E-state index is 0.0167. The molecular formula is C15H14N3O3. The van der Waals surface area contributed by atoms with Gasteiger partial charge in [-0.15, -0.1) is 15.0 Å².